The van der Waals surface area contributed by atoms with Crippen molar-refractivity contribution in [1.29, 1.82) is 0 Å². The summed E-state index contributed by atoms with van der Waals surface area (Å²) in [6.45, 7) is 7.16. The first-order valence-electron chi connectivity index (χ1n) is 11.5. The molecule has 9 heteroatoms. The Balaban J connectivity index is 1.47. The van der Waals surface area contributed by atoms with E-state index in [-0.39, 0.29) is 5.56 Å². The van der Waals surface area contributed by atoms with Crippen molar-refractivity contribution in [2.24, 2.45) is 7.05 Å². The highest BCUT2D eigenvalue weighted by Gasteiger charge is 2.18. The average molecular weight is 473 g/mol. The van der Waals surface area contributed by atoms with Crippen molar-refractivity contribution in [1.82, 2.24) is 19.5 Å². The summed E-state index contributed by atoms with van der Waals surface area (Å²) in [4.78, 5) is 29.3. The Kier molecular flexibility index (Phi) is 6.08. The van der Waals surface area contributed by atoms with Crippen LogP contribution in [0.1, 0.15) is 11.1 Å². The van der Waals surface area contributed by atoms with E-state index in [0.29, 0.717) is 28.6 Å². The van der Waals surface area contributed by atoms with Crippen LogP contribution >= 0.6 is 0 Å². The molecule has 0 atom stereocenters. The fourth-order valence-electron chi connectivity index (χ4n) is 4.46. The van der Waals surface area contributed by atoms with E-state index in [0.717, 1.165) is 54.4 Å². The molecule has 0 bridgehead atoms. The third-order valence-electron chi connectivity index (χ3n) is 6.39. The first-order chi connectivity index (χ1) is 17.0. The van der Waals surface area contributed by atoms with Crippen molar-refractivity contribution in [2.75, 3.05) is 43.6 Å². The largest absolute Gasteiger partial charge is 0.496 e. The number of nitrogens with one attached hydrogen (secondary N) is 1. The van der Waals surface area contributed by atoms with E-state index < -0.39 is 0 Å². The minimum Gasteiger partial charge on any atom is -0.496 e. The van der Waals surface area contributed by atoms with Crippen molar-refractivity contribution in [2.45, 2.75) is 13.8 Å². The minimum atomic E-state index is -0.225. The van der Waals surface area contributed by atoms with Crippen LogP contribution in [0.2, 0.25) is 0 Å². The second kappa shape index (κ2) is 9.34. The first kappa shape index (κ1) is 22.8. The Morgan fingerprint density at radius 3 is 2.49 bits per heavy atom. The average Bonchev–Trinajstić information content (AvgIpc) is 2.88. The number of rotatable bonds is 5. The maximum atomic E-state index is 13.3. The molecule has 0 radical (unpaired) electrons. The fraction of sp³-hybridized carbons (Fsp3) is 0.308. The van der Waals surface area contributed by atoms with E-state index in [1.54, 1.807) is 20.4 Å². The smallest absolute Gasteiger partial charge is 0.278 e. The van der Waals surface area contributed by atoms with Gasteiger partial charge in [0.25, 0.3) is 5.56 Å². The van der Waals surface area contributed by atoms with Gasteiger partial charge in [0.1, 0.15) is 17.0 Å². The van der Waals surface area contributed by atoms with E-state index in [1.807, 2.05) is 38.1 Å². The summed E-state index contributed by atoms with van der Waals surface area (Å²) in [7, 11) is 3.32. The molecule has 0 spiro atoms. The van der Waals surface area contributed by atoms with Crippen molar-refractivity contribution in [3.05, 3.63) is 64.1 Å². The predicted molar refractivity (Wildman–Crippen MR) is 137 cm³/mol. The number of aryl methyl sites for hydroxylation is 2. The summed E-state index contributed by atoms with van der Waals surface area (Å²) < 4.78 is 12.4. The summed E-state index contributed by atoms with van der Waals surface area (Å²) in [5, 5.41) is 3.23. The molecule has 1 saturated heterocycles. The fourth-order valence-corrected chi connectivity index (χ4v) is 4.46. The standard InChI is InChI=1S/C26H28N6O3/c1-16-5-10-21(34-4)17(2)22(16)23-25(33)31(3)24-20(29-23)15-27-26(30-24)28-18-6-8-19(9-7-18)32-11-13-35-14-12-32/h5-10,15H,11-14H2,1-4H3,(H,27,28,30). The number of benzene rings is 2. The number of hydrogen-bond acceptors (Lipinski definition) is 8. The quantitative estimate of drug-likeness (QED) is 0.471. The molecule has 0 unspecified atom stereocenters. The van der Waals surface area contributed by atoms with Crippen LogP contribution in [0, 0.1) is 13.8 Å². The Morgan fingerprint density at radius 1 is 1.03 bits per heavy atom. The molecule has 2 aromatic heterocycles. The number of hydrogen-bond donors (Lipinski definition) is 1. The van der Waals surface area contributed by atoms with Crippen LogP contribution in [0.3, 0.4) is 0 Å². The lowest BCUT2D eigenvalue weighted by Gasteiger charge is -2.28. The van der Waals surface area contributed by atoms with E-state index in [9.17, 15) is 4.79 Å². The molecule has 5 rings (SSSR count). The zero-order valence-corrected chi connectivity index (χ0v) is 20.3. The molecule has 9 nitrogen and oxygen atoms in total. The normalized spacial score (nSPS) is 13.8. The van der Waals surface area contributed by atoms with Gasteiger partial charge >= 0.3 is 0 Å². The second-order valence-corrected chi connectivity index (χ2v) is 8.58. The molecule has 35 heavy (non-hydrogen) atoms. The number of methoxy groups -OCH3 is 1. The van der Waals surface area contributed by atoms with Gasteiger partial charge in [-0.25, -0.2) is 9.97 Å². The van der Waals surface area contributed by atoms with Crippen molar-refractivity contribution >= 4 is 28.5 Å². The summed E-state index contributed by atoms with van der Waals surface area (Å²) in [5.41, 5.74) is 5.74. The maximum Gasteiger partial charge on any atom is 0.278 e. The maximum absolute atomic E-state index is 13.3. The molecule has 1 aliphatic heterocycles. The van der Waals surface area contributed by atoms with Crippen LogP contribution in [-0.4, -0.2) is 52.9 Å². The highest BCUT2D eigenvalue weighted by atomic mass is 16.5. The molecular weight excluding hydrogens is 444 g/mol. The Labute approximate surface area is 203 Å². The highest BCUT2D eigenvalue weighted by Crippen LogP contribution is 2.31. The number of anilines is 3. The molecule has 0 aliphatic carbocycles. The monoisotopic (exact) mass is 472 g/mol. The van der Waals surface area contributed by atoms with Gasteiger partial charge in [-0.15, -0.1) is 0 Å². The van der Waals surface area contributed by atoms with Gasteiger partial charge in [-0.2, -0.15) is 4.98 Å². The highest BCUT2D eigenvalue weighted by molar-refractivity contribution is 5.78. The van der Waals surface area contributed by atoms with Gasteiger partial charge in [-0.1, -0.05) is 6.07 Å². The summed E-state index contributed by atoms with van der Waals surface area (Å²) in [6, 6.07) is 11.9. The van der Waals surface area contributed by atoms with Crippen LogP contribution in [0.25, 0.3) is 22.4 Å². The van der Waals surface area contributed by atoms with Gasteiger partial charge in [0.05, 0.1) is 26.5 Å². The molecule has 0 saturated carbocycles. The SMILES string of the molecule is COc1ccc(C)c(-c2nc3cnc(Nc4ccc(N5CCOCC5)cc4)nc3n(C)c2=O)c1C. The van der Waals surface area contributed by atoms with Crippen molar-refractivity contribution in [3.63, 3.8) is 0 Å². The van der Waals surface area contributed by atoms with Crippen LogP contribution in [-0.2, 0) is 11.8 Å². The molecule has 3 heterocycles. The molecule has 180 valence electrons. The molecule has 4 aromatic rings. The summed E-state index contributed by atoms with van der Waals surface area (Å²) in [6.07, 6.45) is 1.64. The zero-order valence-electron chi connectivity index (χ0n) is 20.3. The molecule has 1 aliphatic rings. The van der Waals surface area contributed by atoms with Gasteiger partial charge in [0.15, 0.2) is 5.65 Å². The summed E-state index contributed by atoms with van der Waals surface area (Å²) in [5.74, 6) is 1.11. The van der Waals surface area contributed by atoms with Crippen LogP contribution in [0.4, 0.5) is 17.3 Å². The number of aromatic nitrogens is 4. The lowest BCUT2D eigenvalue weighted by molar-refractivity contribution is 0.122. The van der Waals surface area contributed by atoms with Crippen LogP contribution in [0.5, 0.6) is 5.75 Å². The van der Waals surface area contributed by atoms with Crippen molar-refractivity contribution in [3.8, 4) is 17.0 Å². The summed E-state index contributed by atoms with van der Waals surface area (Å²) >= 11 is 0. The first-order valence-corrected chi connectivity index (χ1v) is 11.5. The third kappa shape index (κ3) is 4.30. The van der Waals surface area contributed by atoms with Gasteiger partial charge < -0.3 is 19.7 Å². The lowest BCUT2D eigenvalue weighted by atomic mass is 9.99. The zero-order chi connectivity index (χ0) is 24.5. The number of nitrogens with zero attached hydrogens (tertiary/aromatic N) is 5. The molecule has 0 amide bonds. The van der Waals surface area contributed by atoms with Gasteiger partial charge in [0, 0.05) is 42.6 Å². The van der Waals surface area contributed by atoms with Gasteiger partial charge in [-0.05, 0) is 49.7 Å². The van der Waals surface area contributed by atoms with E-state index in [4.69, 9.17) is 9.47 Å². The van der Waals surface area contributed by atoms with Crippen molar-refractivity contribution < 1.29 is 9.47 Å². The minimum absolute atomic E-state index is 0.225. The Bertz CT molecular complexity index is 1440. The van der Waals surface area contributed by atoms with Gasteiger partial charge in [-0.3, -0.25) is 9.36 Å². The second-order valence-electron chi connectivity index (χ2n) is 8.58. The molecule has 2 aromatic carbocycles. The number of morpholine rings is 1. The topological polar surface area (TPSA) is 94.4 Å². The Hall–Kier alpha value is -3.98. The molecular formula is C26H28N6O3. The molecule has 1 N–H and O–H groups in total. The number of fused-ring (bicyclic) bond motifs is 1. The van der Waals surface area contributed by atoms with Crippen LogP contribution < -0.4 is 20.5 Å². The van der Waals surface area contributed by atoms with E-state index in [2.05, 4.69) is 37.3 Å². The van der Waals surface area contributed by atoms with E-state index >= 15 is 0 Å². The van der Waals surface area contributed by atoms with Gasteiger partial charge in [0.2, 0.25) is 5.95 Å². The lowest BCUT2D eigenvalue weighted by Crippen LogP contribution is -2.36. The number of ether oxygens (including phenoxy) is 2. The molecule has 1 fully saturated rings. The predicted octanol–water partition coefficient (Wildman–Crippen LogP) is 3.60. The van der Waals surface area contributed by atoms with Crippen LogP contribution in [0.15, 0.2) is 47.4 Å². The third-order valence-corrected chi connectivity index (χ3v) is 6.39. The van der Waals surface area contributed by atoms with E-state index in [1.165, 1.54) is 4.57 Å². The Morgan fingerprint density at radius 2 is 1.77 bits per heavy atom.